The molecule has 0 saturated carbocycles. The van der Waals surface area contributed by atoms with Crippen LogP contribution < -0.4 is 0 Å². The molecule has 0 bridgehead atoms. The highest BCUT2D eigenvalue weighted by atomic mass is 32.2. The van der Waals surface area contributed by atoms with Crippen LogP contribution in [0.5, 0.6) is 0 Å². The van der Waals surface area contributed by atoms with Gasteiger partial charge in [-0.05, 0) is 77.9 Å². The maximum absolute atomic E-state index is 5.22. The Hall–Kier alpha value is -7.32. The lowest BCUT2D eigenvalue weighted by atomic mass is 10.0. The van der Waals surface area contributed by atoms with Crippen molar-refractivity contribution in [2.24, 2.45) is 0 Å². The SMILES string of the molecule is c1ccc(-c2nc(-c3ccc(-c4ccc5sc6ccccc6c5c4)cc3)nc(-c3ccc4c(c3)c3c5cccc6c5n(c3n4-c3ccccc3)-c3ccccc3S6)n2)cc1. The van der Waals surface area contributed by atoms with Gasteiger partial charge < -0.3 is 0 Å². The molecule has 0 spiro atoms. The molecule has 280 valence electrons. The minimum atomic E-state index is 0.634. The molecule has 0 N–H and O–H groups in total. The number of thiophene rings is 1. The van der Waals surface area contributed by atoms with Crippen LogP contribution in [-0.2, 0) is 0 Å². The maximum Gasteiger partial charge on any atom is 0.164 e. The molecular formula is C53H31N5S2. The molecule has 0 saturated heterocycles. The highest BCUT2D eigenvalue weighted by Crippen LogP contribution is 2.50. The zero-order valence-electron chi connectivity index (χ0n) is 32.0. The van der Waals surface area contributed by atoms with E-state index in [-0.39, 0.29) is 0 Å². The van der Waals surface area contributed by atoms with E-state index < -0.39 is 0 Å². The van der Waals surface area contributed by atoms with Gasteiger partial charge in [0.15, 0.2) is 17.5 Å². The summed E-state index contributed by atoms with van der Waals surface area (Å²) in [6.45, 7) is 0. The van der Waals surface area contributed by atoms with Crippen molar-refractivity contribution in [3.05, 3.63) is 188 Å². The minimum Gasteiger partial charge on any atom is -0.295 e. The fraction of sp³-hybridized carbons (Fsp3) is 0. The number of hydrogen-bond donors (Lipinski definition) is 0. The quantitative estimate of drug-likeness (QED) is 0.174. The lowest BCUT2D eigenvalue weighted by molar-refractivity contribution is 1.03. The predicted molar refractivity (Wildman–Crippen MR) is 250 cm³/mol. The summed E-state index contributed by atoms with van der Waals surface area (Å²) >= 11 is 3.69. The molecule has 7 heteroatoms. The van der Waals surface area contributed by atoms with Gasteiger partial charge in [-0.25, -0.2) is 15.0 Å². The van der Waals surface area contributed by atoms with E-state index in [1.807, 2.05) is 41.3 Å². The first-order chi connectivity index (χ1) is 29.7. The van der Waals surface area contributed by atoms with E-state index in [2.05, 4.69) is 179 Å². The summed E-state index contributed by atoms with van der Waals surface area (Å²) in [6.07, 6.45) is 0. The summed E-state index contributed by atoms with van der Waals surface area (Å²) in [5, 5.41) is 6.19. The van der Waals surface area contributed by atoms with Crippen molar-refractivity contribution in [3.63, 3.8) is 0 Å². The van der Waals surface area contributed by atoms with E-state index in [0.29, 0.717) is 17.5 Å². The van der Waals surface area contributed by atoms with Crippen LogP contribution in [0.25, 0.3) is 110 Å². The fourth-order valence-corrected chi connectivity index (χ4v) is 11.2. The van der Waals surface area contributed by atoms with Crippen molar-refractivity contribution in [3.8, 4) is 56.7 Å². The first-order valence-corrected chi connectivity index (χ1v) is 21.7. The van der Waals surface area contributed by atoms with E-state index in [4.69, 9.17) is 15.0 Å². The van der Waals surface area contributed by atoms with Gasteiger partial charge in [0, 0.05) is 68.5 Å². The molecule has 0 unspecified atom stereocenters. The van der Waals surface area contributed by atoms with Crippen LogP contribution in [0.3, 0.4) is 0 Å². The summed E-state index contributed by atoms with van der Waals surface area (Å²) in [5.41, 5.74) is 11.0. The molecule has 12 aromatic rings. The monoisotopic (exact) mass is 801 g/mol. The van der Waals surface area contributed by atoms with E-state index in [0.717, 1.165) is 44.5 Å². The third-order valence-electron chi connectivity index (χ3n) is 11.8. The standard InChI is InChI=1S/C53H31N5S2/c1-3-12-33(13-4-1)50-54-51(34-24-22-32(23-25-34)35-27-29-45-40(30-35)38-16-7-9-19-44(38)59-45)56-52(55-50)36-26-28-42-41(31-36)48-39-17-11-21-47-49(39)58(43-18-8-10-20-46(43)60-47)53(48)57(42)37-14-5-2-6-15-37/h1-31H. The van der Waals surface area contributed by atoms with Crippen LogP contribution in [0.15, 0.2) is 198 Å². The normalized spacial score (nSPS) is 12.3. The van der Waals surface area contributed by atoms with Crippen molar-refractivity contribution in [1.29, 1.82) is 0 Å². The Balaban J connectivity index is 0.997. The lowest BCUT2D eigenvalue weighted by Gasteiger charge is -2.21. The molecular weight excluding hydrogens is 771 g/mol. The van der Waals surface area contributed by atoms with Gasteiger partial charge in [-0.3, -0.25) is 9.13 Å². The summed E-state index contributed by atoms with van der Waals surface area (Å²) in [6, 6.07) is 67.1. The molecule has 0 radical (unpaired) electrons. The third-order valence-corrected chi connectivity index (χ3v) is 14.0. The van der Waals surface area contributed by atoms with Crippen LogP contribution in [-0.4, -0.2) is 24.1 Å². The molecule has 1 aliphatic rings. The number of rotatable bonds is 5. The van der Waals surface area contributed by atoms with Crippen molar-refractivity contribution in [1.82, 2.24) is 24.1 Å². The van der Waals surface area contributed by atoms with Crippen LogP contribution in [0.2, 0.25) is 0 Å². The van der Waals surface area contributed by atoms with E-state index >= 15 is 0 Å². The van der Waals surface area contributed by atoms with Gasteiger partial charge in [-0.15, -0.1) is 11.3 Å². The average Bonchev–Trinajstić information content (AvgIpc) is 3.98. The maximum atomic E-state index is 5.22. The second kappa shape index (κ2) is 13.1. The Morgan fingerprint density at radius 1 is 0.383 bits per heavy atom. The van der Waals surface area contributed by atoms with Gasteiger partial charge >= 0.3 is 0 Å². The van der Waals surface area contributed by atoms with Gasteiger partial charge in [0.05, 0.1) is 16.7 Å². The van der Waals surface area contributed by atoms with Crippen molar-refractivity contribution in [2.75, 3.05) is 0 Å². The van der Waals surface area contributed by atoms with E-state index in [9.17, 15) is 0 Å². The summed E-state index contributed by atoms with van der Waals surface area (Å²) < 4.78 is 7.50. The summed E-state index contributed by atoms with van der Waals surface area (Å²) in [7, 11) is 0. The molecule has 0 amide bonds. The summed E-state index contributed by atoms with van der Waals surface area (Å²) in [4.78, 5) is 18.0. The van der Waals surface area contributed by atoms with Crippen molar-refractivity contribution in [2.45, 2.75) is 9.79 Å². The predicted octanol–water partition coefficient (Wildman–Crippen LogP) is 14.4. The molecule has 4 aromatic heterocycles. The fourth-order valence-electron chi connectivity index (χ4n) is 9.02. The Bertz CT molecular complexity index is 3680. The largest absolute Gasteiger partial charge is 0.295 e. The van der Waals surface area contributed by atoms with Crippen LogP contribution in [0.1, 0.15) is 0 Å². The first-order valence-electron chi connectivity index (χ1n) is 20.0. The number of fused-ring (bicyclic) bond motifs is 10. The Morgan fingerprint density at radius 3 is 1.82 bits per heavy atom. The number of nitrogens with zero attached hydrogens (tertiary/aromatic N) is 5. The van der Waals surface area contributed by atoms with Gasteiger partial charge in [-0.1, -0.05) is 133 Å². The van der Waals surface area contributed by atoms with Gasteiger partial charge in [-0.2, -0.15) is 0 Å². The molecule has 0 atom stereocenters. The van der Waals surface area contributed by atoms with Gasteiger partial charge in [0.2, 0.25) is 0 Å². The smallest absolute Gasteiger partial charge is 0.164 e. The van der Waals surface area contributed by atoms with Crippen LogP contribution in [0, 0.1) is 0 Å². The second-order valence-corrected chi connectivity index (χ2v) is 17.4. The molecule has 8 aromatic carbocycles. The third kappa shape index (κ3) is 5.10. The average molecular weight is 802 g/mol. The second-order valence-electron chi connectivity index (χ2n) is 15.2. The lowest BCUT2D eigenvalue weighted by Crippen LogP contribution is -2.05. The minimum absolute atomic E-state index is 0.634. The molecule has 60 heavy (non-hydrogen) atoms. The highest BCUT2D eigenvalue weighted by molar-refractivity contribution is 7.99. The summed E-state index contributed by atoms with van der Waals surface area (Å²) in [5.74, 6) is 1.91. The van der Waals surface area contributed by atoms with E-state index in [1.54, 1.807) is 0 Å². The molecule has 0 fully saturated rings. The Morgan fingerprint density at radius 2 is 0.983 bits per heavy atom. The zero-order chi connectivity index (χ0) is 39.3. The van der Waals surface area contributed by atoms with Gasteiger partial charge in [0.1, 0.15) is 5.65 Å². The topological polar surface area (TPSA) is 48.5 Å². The molecule has 0 aliphatic carbocycles. The zero-order valence-corrected chi connectivity index (χ0v) is 33.6. The molecule has 5 heterocycles. The first kappa shape index (κ1) is 33.6. The highest BCUT2D eigenvalue weighted by Gasteiger charge is 2.28. The molecule has 5 nitrogen and oxygen atoms in total. The van der Waals surface area contributed by atoms with Crippen molar-refractivity contribution >= 4 is 76.1 Å². The van der Waals surface area contributed by atoms with Crippen molar-refractivity contribution < 1.29 is 0 Å². The Labute approximate surface area is 352 Å². The number of aromatic nitrogens is 5. The molecule has 1 aliphatic heterocycles. The number of hydrogen-bond acceptors (Lipinski definition) is 5. The number of benzene rings is 8. The van der Waals surface area contributed by atoms with Gasteiger partial charge in [0.25, 0.3) is 0 Å². The van der Waals surface area contributed by atoms with Crippen LogP contribution in [0.4, 0.5) is 0 Å². The van der Waals surface area contributed by atoms with Crippen LogP contribution >= 0.6 is 23.1 Å². The molecule has 13 rings (SSSR count). The van der Waals surface area contributed by atoms with E-state index in [1.165, 1.54) is 57.5 Å². The Kier molecular flexibility index (Phi) is 7.34. The number of para-hydroxylation sites is 3.